The zero-order valence-electron chi connectivity index (χ0n) is 14.0. The zero-order chi connectivity index (χ0) is 17.6. The topological polar surface area (TPSA) is 115 Å². The van der Waals surface area contributed by atoms with Crippen LogP contribution in [0.3, 0.4) is 0 Å². The summed E-state index contributed by atoms with van der Waals surface area (Å²) in [7, 11) is 0. The average Bonchev–Trinajstić information content (AvgIpc) is 3.14. The zero-order valence-corrected chi connectivity index (χ0v) is 14.0. The number of amides is 1. The number of anilines is 3. The van der Waals surface area contributed by atoms with Gasteiger partial charge in [-0.05, 0) is 43.0 Å². The lowest BCUT2D eigenvalue weighted by Gasteiger charge is -2.15. The molecule has 1 aromatic carbocycles. The number of nitrogens with zero attached hydrogens (tertiary/aromatic N) is 1. The van der Waals surface area contributed by atoms with Crippen molar-refractivity contribution < 1.29 is 9.63 Å². The molecule has 7 heteroatoms. The maximum absolute atomic E-state index is 11.7. The Bertz CT molecular complexity index is 727. The normalized spacial score (nSPS) is 14.3. The molecule has 0 aliphatic heterocycles. The fraction of sp³-hybridized carbons (Fsp3) is 0.333. The van der Waals surface area contributed by atoms with Gasteiger partial charge in [0.15, 0.2) is 0 Å². The molecule has 0 radical (unpaired) electrons. The van der Waals surface area contributed by atoms with Crippen LogP contribution in [0.2, 0.25) is 0 Å². The molecule has 1 aromatic heterocycles. The molecule has 6 N–H and O–H groups in total. The Labute approximate surface area is 146 Å². The van der Waals surface area contributed by atoms with Gasteiger partial charge in [0.2, 0.25) is 0 Å². The van der Waals surface area contributed by atoms with E-state index in [1.807, 2.05) is 18.2 Å². The largest absolute Gasteiger partial charge is 0.412 e. The van der Waals surface area contributed by atoms with Gasteiger partial charge in [-0.15, -0.1) is 0 Å². The highest BCUT2D eigenvalue weighted by molar-refractivity contribution is 5.98. The second-order valence-corrected chi connectivity index (χ2v) is 6.28. The Balaban J connectivity index is 1.74. The summed E-state index contributed by atoms with van der Waals surface area (Å²) >= 11 is 0. The Morgan fingerprint density at radius 2 is 1.96 bits per heavy atom. The summed E-state index contributed by atoms with van der Waals surface area (Å²) < 4.78 is 0. The summed E-state index contributed by atoms with van der Waals surface area (Å²) in [5.41, 5.74) is 7.41. The van der Waals surface area contributed by atoms with Crippen molar-refractivity contribution in [1.82, 2.24) is 4.98 Å². The molecule has 0 spiro atoms. The first kappa shape index (κ1) is 17.0. The average molecular weight is 341 g/mol. The van der Waals surface area contributed by atoms with Crippen LogP contribution in [0.4, 0.5) is 17.2 Å². The third-order valence-electron chi connectivity index (χ3n) is 4.49. The van der Waals surface area contributed by atoms with Gasteiger partial charge in [-0.3, -0.25) is 4.79 Å². The molecule has 132 valence electrons. The summed E-state index contributed by atoms with van der Waals surface area (Å²) in [6, 6.07) is 8.97. The first-order chi connectivity index (χ1) is 12.2. The maximum atomic E-state index is 11.7. The number of carbonyl (C=O) groups excluding carboxylic acids is 1. The SMILES string of the molecule is NOc1ccc(Nc2cc(NCC3CCCC3)c(C(N)=O)cn2)cc1. The molecule has 0 unspecified atom stereocenters. The fourth-order valence-corrected chi connectivity index (χ4v) is 3.10. The van der Waals surface area contributed by atoms with E-state index in [2.05, 4.69) is 20.5 Å². The van der Waals surface area contributed by atoms with E-state index in [4.69, 9.17) is 11.6 Å². The summed E-state index contributed by atoms with van der Waals surface area (Å²) in [4.78, 5) is 20.6. The van der Waals surface area contributed by atoms with Crippen LogP contribution in [0.1, 0.15) is 36.0 Å². The number of hydrogen-bond donors (Lipinski definition) is 4. The standard InChI is InChI=1S/C18H23N5O2/c19-18(24)15-11-22-17(23-13-5-7-14(25-20)8-6-13)9-16(15)21-10-12-3-1-2-4-12/h5-9,11-12H,1-4,10,20H2,(H2,19,24)(H2,21,22,23). The quantitative estimate of drug-likeness (QED) is 0.576. The van der Waals surface area contributed by atoms with Gasteiger partial charge in [0.1, 0.15) is 11.6 Å². The molecule has 1 amide bonds. The van der Waals surface area contributed by atoms with Gasteiger partial charge in [0.05, 0.1) is 11.3 Å². The van der Waals surface area contributed by atoms with Gasteiger partial charge in [-0.25, -0.2) is 4.98 Å². The highest BCUT2D eigenvalue weighted by atomic mass is 16.6. The molecule has 0 bridgehead atoms. The van der Waals surface area contributed by atoms with Crippen molar-refractivity contribution in [3.63, 3.8) is 0 Å². The molecule has 0 saturated heterocycles. The number of primary amides is 1. The number of nitrogens with one attached hydrogen (secondary N) is 2. The maximum Gasteiger partial charge on any atom is 0.252 e. The fourth-order valence-electron chi connectivity index (χ4n) is 3.10. The number of pyridine rings is 1. The highest BCUT2D eigenvalue weighted by Gasteiger charge is 2.16. The molecule has 1 aliphatic rings. The Morgan fingerprint density at radius 1 is 1.24 bits per heavy atom. The van der Waals surface area contributed by atoms with E-state index in [0.29, 0.717) is 28.7 Å². The molecular formula is C18H23N5O2. The van der Waals surface area contributed by atoms with E-state index in [0.717, 1.165) is 12.2 Å². The van der Waals surface area contributed by atoms with Gasteiger partial charge >= 0.3 is 0 Å². The molecular weight excluding hydrogens is 318 g/mol. The van der Waals surface area contributed by atoms with E-state index in [9.17, 15) is 4.79 Å². The van der Waals surface area contributed by atoms with Crippen LogP contribution in [0.15, 0.2) is 36.5 Å². The van der Waals surface area contributed by atoms with Crippen molar-refractivity contribution in [2.45, 2.75) is 25.7 Å². The van der Waals surface area contributed by atoms with Crippen LogP contribution in [0.5, 0.6) is 5.75 Å². The molecule has 1 fully saturated rings. The lowest BCUT2D eigenvalue weighted by molar-refractivity contribution is 0.100. The van der Waals surface area contributed by atoms with E-state index >= 15 is 0 Å². The highest BCUT2D eigenvalue weighted by Crippen LogP contribution is 2.27. The van der Waals surface area contributed by atoms with Gasteiger partial charge in [0, 0.05) is 24.5 Å². The number of benzene rings is 1. The lowest BCUT2D eigenvalue weighted by Crippen LogP contribution is -2.18. The van der Waals surface area contributed by atoms with Gasteiger partial charge in [-0.2, -0.15) is 5.90 Å². The minimum Gasteiger partial charge on any atom is -0.412 e. The minimum absolute atomic E-state index is 0.399. The van der Waals surface area contributed by atoms with Crippen LogP contribution in [-0.2, 0) is 0 Å². The van der Waals surface area contributed by atoms with E-state index in [-0.39, 0.29) is 0 Å². The van der Waals surface area contributed by atoms with Crippen LogP contribution in [0, 0.1) is 5.92 Å². The monoisotopic (exact) mass is 341 g/mol. The smallest absolute Gasteiger partial charge is 0.252 e. The predicted octanol–water partition coefficient (Wildman–Crippen LogP) is 2.78. The molecule has 0 atom stereocenters. The van der Waals surface area contributed by atoms with E-state index in [1.54, 1.807) is 12.1 Å². The Morgan fingerprint density at radius 3 is 2.60 bits per heavy atom. The molecule has 2 aromatic rings. The van der Waals surface area contributed by atoms with Crippen LogP contribution < -0.4 is 27.1 Å². The van der Waals surface area contributed by atoms with E-state index in [1.165, 1.54) is 31.9 Å². The predicted molar refractivity (Wildman–Crippen MR) is 97.7 cm³/mol. The summed E-state index contributed by atoms with van der Waals surface area (Å²) in [6.07, 6.45) is 6.51. The van der Waals surface area contributed by atoms with Gasteiger partial charge in [-0.1, -0.05) is 12.8 Å². The first-order valence-electron chi connectivity index (χ1n) is 8.43. The van der Waals surface area contributed by atoms with Crippen molar-refractivity contribution in [2.24, 2.45) is 17.5 Å². The minimum atomic E-state index is -0.489. The van der Waals surface area contributed by atoms with Crippen LogP contribution >= 0.6 is 0 Å². The second kappa shape index (κ2) is 7.85. The van der Waals surface area contributed by atoms with Gasteiger partial charge in [0.25, 0.3) is 5.91 Å². The molecule has 1 aliphatic carbocycles. The summed E-state index contributed by atoms with van der Waals surface area (Å²) in [5.74, 6) is 6.47. The third-order valence-corrected chi connectivity index (χ3v) is 4.49. The number of nitrogens with two attached hydrogens (primary N) is 2. The molecule has 3 rings (SSSR count). The van der Waals surface area contributed by atoms with Crippen molar-refractivity contribution in [1.29, 1.82) is 0 Å². The van der Waals surface area contributed by atoms with Crippen molar-refractivity contribution in [2.75, 3.05) is 17.2 Å². The number of carbonyl (C=O) groups is 1. The lowest BCUT2D eigenvalue weighted by atomic mass is 10.1. The molecule has 7 nitrogen and oxygen atoms in total. The Kier molecular flexibility index (Phi) is 5.35. The molecule has 25 heavy (non-hydrogen) atoms. The second-order valence-electron chi connectivity index (χ2n) is 6.28. The van der Waals surface area contributed by atoms with Gasteiger partial charge < -0.3 is 21.2 Å². The van der Waals surface area contributed by atoms with Crippen LogP contribution in [-0.4, -0.2) is 17.4 Å². The van der Waals surface area contributed by atoms with E-state index < -0.39 is 5.91 Å². The molecule has 1 saturated carbocycles. The van der Waals surface area contributed by atoms with Crippen molar-refractivity contribution in [3.05, 3.63) is 42.1 Å². The van der Waals surface area contributed by atoms with Crippen molar-refractivity contribution >= 4 is 23.1 Å². The molecule has 1 heterocycles. The summed E-state index contributed by atoms with van der Waals surface area (Å²) in [6.45, 7) is 0.840. The Hall–Kier alpha value is -2.80. The number of hydrogen-bond acceptors (Lipinski definition) is 6. The van der Waals surface area contributed by atoms with Crippen molar-refractivity contribution in [3.8, 4) is 5.75 Å². The van der Waals surface area contributed by atoms with Crippen LogP contribution in [0.25, 0.3) is 0 Å². The third kappa shape index (κ3) is 4.39. The first-order valence-corrected chi connectivity index (χ1v) is 8.43. The number of aromatic nitrogens is 1. The summed E-state index contributed by atoms with van der Waals surface area (Å²) in [5, 5.41) is 6.55. The number of rotatable bonds is 7.